The Bertz CT molecular complexity index is 171. The lowest BCUT2D eigenvalue weighted by molar-refractivity contribution is 0.100. The molecule has 0 radical (unpaired) electrons. The summed E-state index contributed by atoms with van der Waals surface area (Å²) in [5, 5.41) is 1.59. The van der Waals surface area contributed by atoms with Gasteiger partial charge in [-0.15, -0.1) is 0 Å². The molecule has 0 bridgehead atoms. The van der Waals surface area contributed by atoms with E-state index in [9.17, 15) is 0 Å². The Kier molecular flexibility index (Phi) is 5.86. The highest BCUT2D eigenvalue weighted by Gasteiger charge is 2.19. The van der Waals surface area contributed by atoms with Crippen molar-refractivity contribution in [2.45, 2.75) is 57.5 Å². The minimum Gasteiger partial charge on any atom is -0.381 e. The monoisotopic (exact) mass is 248 g/mol. The lowest BCUT2D eigenvalue weighted by Crippen LogP contribution is -2.17. The molecule has 1 nitrogen and oxygen atoms in total. The molecule has 0 saturated carbocycles. The van der Waals surface area contributed by atoms with Gasteiger partial charge in [0.1, 0.15) is 0 Å². The standard InChI is InChI=1S/C12H24OS2/c1-10(9-12(2,3)4)14-15-11-5-7-13-8-6-11/h10-11H,5-9H2,1-4H3. The smallest absolute Gasteiger partial charge is 0.0476 e. The highest BCUT2D eigenvalue weighted by atomic mass is 33.1. The normalized spacial score (nSPS) is 21.6. The summed E-state index contributed by atoms with van der Waals surface area (Å²) in [5.74, 6) is 0. The Labute approximate surface area is 103 Å². The van der Waals surface area contributed by atoms with Crippen LogP contribution in [0, 0.1) is 5.41 Å². The van der Waals surface area contributed by atoms with E-state index < -0.39 is 0 Å². The van der Waals surface area contributed by atoms with Crippen LogP contribution in [0.4, 0.5) is 0 Å². The topological polar surface area (TPSA) is 9.23 Å². The summed E-state index contributed by atoms with van der Waals surface area (Å²) in [7, 11) is 4.15. The minimum absolute atomic E-state index is 0.461. The first-order valence-corrected chi connectivity index (χ1v) is 8.15. The zero-order valence-electron chi connectivity index (χ0n) is 10.4. The Morgan fingerprint density at radius 3 is 2.40 bits per heavy atom. The van der Waals surface area contributed by atoms with Crippen LogP contribution in [0.5, 0.6) is 0 Å². The fourth-order valence-electron chi connectivity index (χ4n) is 1.84. The number of ether oxygens (including phenoxy) is 1. The molecule has 15 heavy (non-hydrogen) atoms. The molecule has 0 aromatic carbocycles. The van der Waals surface area contributed by atoms with E-state index in [4.69, 9.17) is 4.74 Å². The molecule has 0 aromatic rings. The molecule has 0 N–H and O–H groups in total. The minimum atomic E-state index is 0.461. The van der Waals surface area contributed by atoms with Crippen molar-refractivity contribution in [2.24, 2.45) is 5.41 Å². The number of hydrogen-bond acceptors (Lipinski definition) is 3. The molecule has 1 fully saturated rings. The average molecular weight is 248 g/mol. The van der Waals surface area contributed by atoms with E-state index in [1.165, 1.54) is 19.3 Å². The van der Waals surface area contributed by atoms with E-state index in [0.29, 0.717) is 5.41 Å². The highest BCUT2D eigenvalue weighted by Crippen LogP contribution is 2.39. The third kappa shape index (κ3) is 6.75. The van der Waals surface area contributed by atoms with Crippen molar-refractivity contribution in [1.29, 1.82) is 0 Å². The molecule has 1 aliphatic rings. The predicted molar refractivity (Wildman–Crippen MR) is 72.6 cm³/mol. The Morgan fingerprint density at radius 1 is 1.27 bits per heavy atom. The van der Waals surface area contributed by atoms with Crippen LogP contribution in [-0.4, -0.2) is 23.7 Å². The van der Waals surface area contributed by atoms with Crippen molar-refractivity contribution in [2.75, 3.05) is 13.2 Å². The Hall–Kier alpha value is 0.660. The zero-order chi connectivity index (χ0) is 11.3. The SMILES string of the molecule is CC(CC(C)(C)C)SSC1CCOCC1. The second-order valence-electron chi connectivity index (χ2n) is 5.58. The lowest BCUT2D eigenvalue weighted by Gasteiger charge is -2.25. The summed E-state index contributed by atoms with van der Waals surface area (Å²) < 4.78 is 5.36. The van der Waals surface area contributed by atoms with E-state index in [2.05, 4.69) is 49.3 Å². The molecular weight excluding hydrogens is 224 g/mol. The number of rotatable bonds is 4. The van der Waals surface area contributed by atoms with Crippen LogP contribution < -0.4 is 0 Å². The fraction of sp³-hybridized carbons (Fsp3) is 1.00. The summed E-state index contributed by atoms with van der Waals surface area (Å²) in [6.45, 7) is 11.2. The van der Waals surface area contributed by atoms with Gasteiger partial charge in [0.05, 0.1) is 0 Å². The first-order valence-electron chi connectivity index (χ1n) is 5.87. The second kappa shape index (κ2) is 6.41. The van der Waals surface area contributed by atoms with Crippen molar-refractivity contribution < 1.29 is 4.74 Å². The third-order valence-corrected chi connectivity index (χ3v) is 5.91. The average Bonchev–Trinajstić information content (AvgIpc) is 2.14. The largest absolute Gasteiger partial charge is 0.381 e. The van der Waals surface area contributed by atoms with E-state index in [1.54, 1.807) is 0 Å². The van der Waals surface area contributed by atoms with E-state index in [1.807, 2.05) is 0 Å². The summed E-state index contributed by atoms with van der Waals surface area (Å²) in [5.41, 5.74) is 0.461. The van der Waals surface area contributed by atoms with Gasteiger partial charge in [-0.25, -0.2) is 0 Å². The van der Waals surface area contributed by atoms with Gasteiger partial charge in [0.25, 0.3) is 0 Å². The van der Waals surface area contributed by atoms with Gasteiger partial charge >= 0.3 is 0 Å². The second-order valence-corrected chi connectivity index (χ2v) is 8.59. The van der Waals surface area contributed by atoms with Crippen LogP contribution in [-0.2, 0) is 4.74 Å². The van der Waals surface area contributed by atoms with Crippen molar-refractivity contribution in [3.8, 4) is 0 Å². The first-order chi connectivity index (χ1) is 6.97. The molecule has 0 amide bonds. The zero-order valence-corrected chi connectivity index (χ0v) is 12.0. The van der Waals surface area contributed by atoms with Crippen LogP contribution in [0.25, 0.3) is 0 Å². The summed E-state index contributed by atoms with van der Waals surface area (Å²) in [6, 6.07) is 0. The molecule has 1 unspecified atom stereocenters. The van der Waals surface area contributed by atoms with Crippen LogP contribution in [0.1, 0.15) is 47.0 Å². The number of hydrogen-bond donors (Lipinski definition) is 0. The van der Waals surface area contributed by atoms with Gasteiger partial charge < -0.3 is 4.74 Å². The molecule has 0 aromatic heterocycles. The molecular formula is C12H24OS2. The van der Waals surface area contributed by atoms with Crippen LogP contribution in [0.2, 0.25) is 0 Å². The van der Waals surface area contributed by atoms with Crippen molar-refractivity contribution in [3.05, 3.63) is 0 Å². The quantitative estimate of drug-likeness (QED) is 0.684. The molecule has 0 aliphatic carbocycles. The summed E-state index contributed by atoms with van der Waals surface area (Å²) in [6.07, 6.45) is 3.77. The van der Waals surface area contributed by atoms with Crippen molar-refractivity contribution in [3.63, 3.8) is 0 Å². The third-order valence-electron chi connectivity index (χ3n) is 2.42. The molecule has 3 heteroatoms. The highest BCUT2D eigenvalue weighted by molar-refractivity contribution is 8.77. The van der Waals surface area contributed by atoms with Gasteiger partial charge in [-0.1, -0.05) is 49.3 Å². The maximum absolute atomic E-state index is 5.36. The summed E-state index contributed by atoms with van der Waals surface area (Å²) >= 11 is 0. The van der Waals surface area contributed by atoms with Gasteiger partial charge in [0.2, 0.25) is 0 Å². The maximum Gasteiger partial charge on any atom is 0.0476 e. The molecule has 90 valence electrons. The van der Waals surface area contributed by atoms with Crippen LogP contribution >= 0.6 is 21.6 Å². The fourth-order valence-corrected chi connectivity index (χ4v) is 4.96. The van der Waals surface area contributed by atoms with Crippen molar-refractivity contribution in [1.82, 2.24) is 0 Å². The van der Waals surface area contributed by atoms with Crippen molar-refractivity contribution >= 4 is 21.6 Å². The first kappa shape index (κ1) is 13.7. The van der Waals surface area contributed by atoms with Gasteiger partial charge in [-0.3, -0.25) is 0 Å². The lowest BCUT2D eigenvalue weighted by atomic mass is 9.91. The Morgan fingerprint density at radius 2 is 1.87 bits per heavy atom. The molecule has 1 saturated heterocycles. The van der Waals surface area contributed by atoms with Gasteiger partial charge in [-0.2, -0.15) is 0 Å². The van der Waals surface area contributed by atoms with E-state index in [-0.39, 0.29) is 0 Å². The van der Waals surface area contributed by atoms with Crippen LogP contribution in [0.3, 0.4) is 0 Å². The molecule has 1 atom stereocenters. The molecule has 1 heterocycles. The van der Waals surface area contributed by atoms with Gasteiger partial charge in [-0.05, 0) is 24.7 Å². The van der Waals surface area contributed by atoms with Gasteiger partial charge in [0.15, 0.2) is 0 Å². The Balaban J connectivity index is 2.12. The molecule has 1 rings (SSSR count). The van der Waals surface area contributed by atoms with E-state index in [0.717, 1.165) is 23.7 Å². The van der Waals surface area contributed by atoms with Crippen LogP contribution in [0.15, 0.2) is 0 Å². The maximum atomic E-state index is 5.36. The molecule has 0 spiro atoms. The predicted octanol–water partition coefficient (Wildman–Crippen LogP) is 4.37. The molecule has 1 aliphatic heterocycles. The van der Waals surface area contributed by atoms with E-state index >= 15 is 0 Å². The van der Waals surface area contributed by atoms with Gasteiger partial charge in [0, 0.05) is 23.7 Å². The summed E-state index contributed by atoms with van der Waals surface area (Å²) in [4.78, 5) is 0.